The Kier molecular flexibility index (Phi) is 8.64. The van der Waals surface area contributed by atoms with Crippen LogP contribution in [0.25, 0.3) is 23.3 Å². The minimum atomic E-state index is -0.216. The average molecular weight is 522 g/mol. The number of halogens is 1. The maximum atomic E-state index is 14.8. The van der Waals surface area contributed by atoms with Crippen molar-refractivity contribution in [3.63, 3.8) is 0 Å². The molecule has 0 aliphatic rings. The van der Waals surface area contributed by atoms with Gasteiger partial charge in [-0.1, -0.05) is 122 Å². The molecule has 0 unspecified atom stereocenters. The molecule has 0 saturated heterocycles. The maximum absolute atomic E-state index is 14.8. The molecule has 0 saturated carbocycles. The van der Waals surface area contributed by atoms with Crippen LogP contribution in [-0.2, 0) is 19.3 Å². The third-order valence-corrected chi connectivity index (χ3v) is 7.41. The van der Waals surface area contributed by atoms with Crippen LogP contribution in [0.3, 0.4) is 0 Å². The number of benzene rings is 5. The third-order valence-electron chi connectivity index (χ3n) is 7.41. The van der Waals surface area contributed by atoms with E-state index in [4.69, 9.17) is 5.26 Å². The molecule has 0 heterocycles. The van der Waals surface area contributed by atoms with Crippen LogP contribution in [0.1, 0.15) is 51.8 Å². The highest BCUT2D eigenvalue weighted by molar-refractivity contribution is 5.72. The lowest BCUT2D eigenvalue weighted by Gasteiger charge is -2.12. The van der Waals surface area contributed by atoms with Crippen molar-refractivity contribution in [2.75, 3.05) is 0 Å². The van der Waals surface area contributed by atoms with Crippen LogP contribution in [0, 0.1) is 17.1 Å². The first kappa shape index (κ1) is 26.9. The molecule has 40 heavy (non-hydrogen) atoms. The van der Waals surface area contributed by atoms with Gasteiger partial charge in [-0.3, -0.25) is 0 Å². The fraction of sp³-hybridized carbons (Fsp3) is 0.132. The summed E-state index contributed by atoms with van der Waals surface area (Å²) in [4.78, 5) is 0. The van der Waals surface area contributed by atoms with Crippen molar-refractivity contribution in [1.82, 2.24) is 0 Å². The third kappa shape index (κ3) is 7.01. The fourth-order valence-electron chi connectivity index (χ4n) is 4.95. The summed E-state index contributed by atoms with van der Waals surface area (Å²) in [5.74, 6) is 0.264. The topological polar surface area (TPSA) is 23.8 Å². The molecule has 0 radical (unpaired) electrons. The molecule has 0 spiro atoms. The summed E-state index contributed by atoms with van der Waals surface area (Å²) in [6, 6.07) is 43.0. The Bertz CT molecular complexity index is 1610. The van der Waals surface area contributed by atoms with Crippen LogP contribution >= 0.6 is 0 Å². The Labute approximate surface area is 236 Å². The molecule has 0 N–H and O–H groups in total. The zero-order valence-corrected chi connectivity index (χ0v) is 22.7. The molecule has 196 valence electrons. The molecule has 0 bridgehead atoms. The second kappa shape index (κ2) is 12.9. The summed E-state index contributed by atoms with van der Waals surface area (Å²) in [5, 5.41) is 8.93. The second-order valence-corrected chi connectivity index (χ2v) is 10.3. The van der Waals surface area contributed by atoms with E-state index in [1.165, 1.54) is 16.7 Å². The molecular formula is C38H32FN. The Balaban J connectivity index is 1.17. The molecule has 5 aromatic carbocycles. The summed E-state index contributed by atoms with van der Waals surface area (Å²) >= 11 is 0. The van der Waals surface area contributed by atoms with Crippen LogP contribution in [0.5, 0.6) is 0 Å². The van der Waals surface area contributed by atoms with Gasteiger partial charge in [-0.15, -0.1) is 0 Å². The lowest BCUT2D eigenvalue weighted by molar-refractivity contribution is 0.622. The highest BCUT2D eigenvalue weighted by atomic mass is 19.1. The van der Waals surface area contributed by atoms with E-state index in [9.17, 15) is 4.39 Å². The lowest BCUT2D eigenvalue weighted by Crippen LogP contribution is -1.98. The molecule has 5 rings (SSSR count). The van der Waals surface area contributed by atoms with Gasteiger partial charge in [-0.05, 0) is 82.3 Å². The van der Waals surface area contributed by atoms with Gasteiger partial charge in [-0.2, -0.15) is 5.26 Å². The smallest absolute Gasteiger partial charge is 0.130 e. The number of hydrogen-bond acceptors (Lipinski definition) is 1. The molecule has 2 heteroatoms. The van der Waals surface area contributed by atoms with E-state index in [-0.39, 0.29) is 5.82 Å². The van der Waals surface area contributed by atoms with Gasteiger partial charge in [-0.25, -0.2) is 4.39 Å². The molecule has 1 atom stereocenters. The van der Waals surface area contributed by atoms with Crippen molar-refractivity contribution in [2.45, 2.75) is 32.1 Å². The molecule has 1 nitrogen and oxygen atoms in total. The number of nitriles is 1. The predicted molar refractivity (Wildman–Crippen MR) is 164 cm³/mol. The van der Waals surface area contributed by atoms with E-state index < -0.39 is 0 Å². The molecular weight excluding hydrogens is 489 g/mol. The predicted octanol–water partition coefficient (Wildman–Crippen LogP) is 9.67. The Morgan fingerprint density at radius 3 is 1.93 bits per heavy atom. The number of hydrogen-bond donors (Lipinski definition) is 0. The molecule has 0 aliphatic carbocycles. The van der Waals surface area contributed by atoms with E-state index in [1.807, 2.05) is 48.6 Å². The maximum Gasteiger partial charge on any atom is 0.130 e. The molecule has 0 fully saturated rings. The van der Waals surface area contributed by atoms with Crippen molar-refractivity contribution in [2.24, 2.45) is 0 Å². The van der Waals surface area contributed by atoms with Gasteiger partial charge >= 0.3 is 0 Å². The van der Waals surface area contributed by atoms with Gasteiger partial charge in [0.05, 0.1) is 11.6 Å². The van der Waals surface area contributed by atoms with Crippen molar-refractivity contribution >= 4 is 12.2 Å². The van der Waals surface area contributed by atoms with Gasteiger partial charge in [0.2, 0.25) is 0 Å². The highest BCUT2D eigenvalue weighted by Crippen LogP contribution is 2.25. The summed E-state index contributed by atoms with van der Waals surface area (Å²) in [6.45, 7) is 2.27. The van der Waals surface area contributed by atoms with Crippen LogP contribution in [0.2, 0.25) is 0 Å². The number of nitrogens with zero attached hydrogens (tertiary/aromatic N) is 1. The molecule has 0 amide bonds. The van der Waals surface area contributed by atoms with Gasteiger partial charge in [0, 0.05) is 5.56 Å². The average Bonchev–Trinajstić information content (AvgIpc) is 3.01. The molecule has 0 aliphatic heterocycles. The largest absolute Gasteiger partial charge is 0.206 e. The van der Waals surface area contributed by atoms with E-state index in [0.717, 1.165) is 41.5 Å². The van der Waals surface area contributed by atoms with Crippen molar-refractivity contribution in [3.8, 4) is 17.2 Å². The van der Waals surface area contributed by atoms with Crippen LogP contribution < -0.4 is 0 Å². The van der Waals surface area contributed by atoms with Crippen molar-refractivity contribution < 1.29 is 4.39 Å². The monoisotopic (exact) mass is 521 g/mol. The Morgan fingerprint density at radius 2 is 1.27 bits per heavy atom. The summed E-state index contributed by atoms with van der Waals surface area (Å²) in [6.07, 6.45) is 6.36. The quantitative estimate of drug-likeness (QED) is 0.177. The zero-order valence-electron chi connectivity index (χ0n) is 22.7. The van der Waals surface area contributed by atoms with Crippen molar-refractivity contribution in [3.05, 3.63) is 166 Å². The summed E-state index contributed by atoms with van der Waals surface area (Å²) in [5.41, 5.74) is 9.41. The van der Waals surface area contributed by atoms with Gasteiger partial charge in [0.1, 0.15) is 5.82 Å². The standard InChI is InChI=1S/C38H32FN/c1-28(34-5-3-2-4-6-34)25-31-16-21-36(22-17-31)35-19-13-30(14-20-35)15-23-37-24-18-32(26-38(37)39)10-7-29-8-11-33(27-40)12-9-29/h2-6,8-9,11-24,26,28H,7,10,25H2,1H3/t28-/m0/s1. The molecule has 0 aromatic heterocycles. The van der Waals surface area contributed by atoms with Crippen LogP contribution in [-0.4, -0.2) is 0 Å². The SMILES string of the molecule is C[C@@H](Cc1ccc(-c2ccc(C=Cc3ccc(CCc4ccc(C#N)cc4)cc3F)cc2)cc1)c1ccccc1. The Hall–Kier alpha value is -4.74. The first-order valence-corrected chi connectivity index (χ1v) is 13.8. The fourth-order valence-corrected chi connectivity index (χ4v) is 4.95. The van der Waals surface area contributed by atoms with Gasteiger partial charge < -0.3 is 0 Å². The highest BCUT2D eigenvalue weighted by Gasteiger charge is 2.07. The van der Waals surface area contributed by atoms with Gasteiger partial charge in [0.15, 0.2) is 0 Å². The number of aryl methyl sites for hydroxylation is 2. The summed E-state index contributed by atoms with van der Waals surface area (Å²) < 4.78 is 14.8. The Morgan fingerprint density at radius 1 is 0.675 bits per heavy atom. The van der Waals surface area contributed by atoms with E-state index in [2.05, 4.69) is 91.9 Å². The number of rotatable bonds is 9. The molecule has 5 aromatic rings. The van der Waals surface area contributed by atoms with Gasteiger partial charge in [0.25, 0.3) is 0 Å². The zero-order chi connectivity index (χ0) is 27.7. The summed E-state index contributed by atoms with van der Waals surface area (Å²) in [7, 11) is 0. The second-order valence-electron chi connectivity index (χ2n) is 10.3. The van der Waals surface area contributed by atoms with E-state index in [1.54, 1.807) is 6.07 Å². The minimum absolute atomic E-state index is 0.216. The van der Waals surface area contributed by atoms with Crippen LogP contribution in [0.15, 0.2) is 121 Å². The van der Waals surface area contributed by atoms with E-state index >= 15 is 0 Å². The van der Waals surface area contributed by atoms with Crippen molar-refractivity contribution in [1.29, 1.82) is 5.26 Å². The normalized spacial score (nSPS) is 11.8. The minimum Gasteiger partial charge on any atom is -0.206 e. The van der Waals surface area contributed by atoms with Crippen LogP contribution in [0.4, 0.5) is 4.39 Å². The first-order chi connectivity index (χ1) is 19.6. The first-order valence-electron chi connectivity index (χ1n) is 13.8. The van der Waals surface area contributed by atoms with E-state index in [0.29, 0.717) is 17.0 Å². The lowest BCUT2D eigenvalue weighted by atomic mass is 9.93.